The molecule has 0 amide bonds. The fourth-order valence-electron chi connectivity index (χ4n) is 3.44. The molecule has 22 heavy (non-hydrogen) atoms. The standard InChI is InChI=1S/C17H14FNO2S/c1-22(20,21)19-15-5-3-2-4-14(15)17-13-8-7-12(18)10-11(13)6-9-16(17)19/h2-5,7-8,10H,6,9H2,1H3. The van der Waals surface area contributed by atoms with Gasteiger partial charge in [0.05, 0.1) is 11.8 Å². The van der Waals surface area contributed by atoms with E-state index in [0.29, 0.717) is 18.4 Å². The van der Waals surface area contributed by atoms with E-state index in [1.807, 2.05) is 24.3 Å². The molecule has 112 valence electrons. The van der Waals surface area contributed by atoms with E-state index >= 15 is 0 Å². The zero-order valence-electron chi connectivity index (χ0n) is 12.0. The lowest BCUT2D eigenvalue weighted by molar-refractivity contribution is 0.592. The van der Waals surface area contributed by atoms with Gasteiger partial charge in [0.15, 0.2) is 0 Å². The molecule has 0 N–H and O–H groups in total. The Morgan fingerprint density at radius 2 is 1.86 bits per heavy atom. The van der Waals surface area contributed by atoms with Crippen LogP contribution < -0.4 is 0 Å². The van der Waals surface area contributed by atoms with Crippen LogP contribution in [0.4, 0.5) is 4.39 Å². The molecule has 0 aliphatic heterocycles. The summed E-state index contributed by atoms with van der Waals surface area (Å²) in [6.45, 7) is 0. The highest BCUT2D eigenvalue weighted by molar-refractivity contribution is 7.89. The van der Waals surface area contributed by atoms with Crippen LogP contribution in [0.3, 0.4) is 0 Å². The van der Waals surface area contributed by atoms with Crippen molar-refractivity contribution in [1.82, 2.24) is 3.97 Å². The topological polar surface area (TPSA) is 39.1 Å². The molecule has 0 saturated heterocycles. The van der Waals surface area contributed by atoms with Gasteiger partial charge in [-0.05, 0) is 42.2 Å². The van der Waals surface area contributed by atoms with Crippen molar-refractivity contribution in [1.29, 1.82) is 0 Å². The number of rotatable bonds is 1. The van der Waals surface area contributed by atoms with Crippen LogP contribution in [0.2, 0.25) is 0 Å². The molecule has 2 aromatic carbocycles. The van der Waals surface area contributed by atoms with Gasteiger partial charge < -0.3 is 0 Å². The first-order chi connectivity index (χ1) is 10.5. The third kappa shape index (κ3) is 1.82. The lowest BCUT2D eigenvalue weighted by atomic mass is 9.88. The maximum absolute atomic E-state index is 13.5. The predicted octanol–water partition coefficient (Wildman–Crippen LogP) is 3.35. The molecule has 4 rings (SSSR count). The number of aromatic nitrogens is 1. The van der Waals surface area contributed by atoms with Gasteiger partial charge in [-0.1, -0.05) is 24.3 Å². The second kappa shape index (κ2) is 4.43. The van der Waals surface area contributed by atoms with Crippen LogP contribution in [-0.2, 0) is 22.9 Å². The molecule has 1 aromatic heterocycles. The Hall–Kier alpha value is -2.14. The smallest absolute Gasteiger partial charge is 0.236 e. The van der Waals surface area contributed by atoms with Crippen LogP contribution in [0.15, 0.2) is 42.5 Å². The molecule has 0 unspecified atom stereocenters. The Balaban J connectivity index is 2.18. The van der Waals surface area contributed by atoms with E-state index in [2.05, 4.69) is 0 Å². The van der Waals surface area contributed by atoms with Crippen molar-refractivity contribution in [2.24, 2.45) is 0 Å². The molecule has 3 aromatic rings. The fourth-order valence-corrected chi connectivity index (χ4v) is 4.54. The Morgan fingerprint density at radius 3 is 2.64 bits per heavy atom. The minimum Gasteiger partial charge on any atom is -0.241 e. The number of aryl methyl sites for hydroxylation is 1. The van der Waals surface area contributed by atoms with Gasteiger partial charge in [0.25, 0.3) is 0 Å². The van der Waals surface area contributed by atoms with E-state index in [1.54, 1.807) is 12.1 Å². The molecule has 3 nitrogen and oxygen atoms in total. The molecule has 0 atom stereocenters. The molecule has 1 aliphatic rings. The molecule has 1 heterocycles. The van der Waals surface area contributed by atoms with Crippen molar-refractivity contribution in [2.45, 2.75) is 12.8 Å². The number of para-hydroxylation sites is 1. The molecular weight excluding hydrogens is 301 g/mol. The predicted molar refractivity (Wildman–Crippen MR) is 85.0 cm³/mol. The summed E-state index contributed by atoms with van der Waals surface area (Å²) in [5.74, 6) is -0.256. The Morgan fingerprint density at radius 1 is 1.09 bits per heavy atom. The minimum absolute atomic E-state index is 0.256. The van der Waals surface area contributed by atoms with Gasteiger partial charge in [-0.25, -0.2) is 16.8 Å². The molecular formula is C17H14FNO2S. The number of nitrogens with zero attached hydrogens (tertiary/aromatic N) is 1. The first-order valence-electron chi connectivity index (χ1n) is 7.08. The minimum atomic E-state index is -3.40. The number of halogens is 1. The summed E-state index contributed by atoms with van der Waals surface area (Å²) in [6.07, 6.45) is 2.46. The SMILES string of the molecule is CS(=O)(=O)n1c2c(c3ccccc31)-c1ccc(F)cc1CC2. The summed E-state index contributed by atoms with van der Waals surface area (Å²) < 4.78 is 39.4. The molecule has 0 radical (unpaired) electrons. The Bertz CT molecular complexity index is 1020. The number of hydrogen-bond donors (Lipinski definition) is 0. The first kappa shape index (κ1) is 13.5. The second-order valence-electron chi connectivity index (χ2n) is 5.67. The highest BCUT2D eigenvalue weighted by Crippen LogP contribution is 2.41. The summed E-state index contributed by atoms with van der Waals surface area (Å²) in [7, 11) is -3.40. The van der Waals surface area contributed by atoms with E-state index in [0.717, 1.165) is 27.8 Å². The van der Waals surface area contributed by atoms with Gasteiger partial charge in [-0.3, -0.25) is 0 Å². The van der Waals surface area contributed by atoms with E-state index in [4.69, 9.17) is 0 Å². The molecule has 0 saturated carbocycles. The van der Waals surface area contributed by atoms with Crippen LogP contribution >= 0.6 is 0 Å². The average Bonchev–Trinajstić information content (AvgIpc) is 2.81. The number of fused-ring (bicyclic) bond motifs is 5. The van der Waals surface area contributed by atoms with Crippen molar-refractivity contribution in [3.63, 3.8) is 0 Å². The molecule has 0 bridgehead atoms. The van der Waals surface area contributed by atoms with Crippen LogP contribution in [0.5, 0.6) is 0 Å². The maximum atomic E-state index is 13.5. The van der Waals surface area contributed by atoms with Crippen molar-refractivity contribution in [3.05, 3.63) is 59.5 Å². The summed E-state index contributed by atoms with van der Waals surface area (Å²) >= 11 is 0. The van der Waals surface area contributed by atoms with E-state index in [1.165, 1.54) is 16.3 Å². The van der Waals surface area contributed by atoms with Crippen LogP contribution in [0.1, 0.15) is 11.3 Å². The Kier molecular flexibility index (Phi) is 2.72. The first-order valence-corrected chi connectivity index (χ1v) is 8.93. The highest BCUT2D eigenvalue weighted by Gasteiger charge is 2.27. The fraction of sp³-hybridized carbons (Fsp3) is 0.176. The average molecular weight is 315 g/mol. The zero-order valence-corrected chi connectivity index (χ0v) is 12.8. The lowest BCUT2D eigenvalue weighted by Crippen LogP contribution is -2.16. The number of hydrogen-bond acceptors (Lipinski definition) is 2. The van der Waals surface area contributed by atoms with Crippen molar-refractivity contribution >= 4 is 20.9 Å². The van der Waals surface area contributed by atoms with Crippen LogP contribution in [-0.4, -0.2) is 18.6 Å². The van der Waals surface area contributed by atoms with Crippen molar-refractivity contribution in [3.8, 4) is 11.1 Å². The second-order valence-corrected chi connectivity index (χ2v) is 7.50. The van der Waals surface area contributed by atoms with Crippen molar-refractivity contribution < 1.29 is 12.8 Å². The lowest BCUT2D eigenvalue weighted by Gasteiger charge is -2.18. The van der Waals surface area contributed by atoms with E-state index < -0.39 is 10.0 Å². The quantitative estimate of drug-likeness (QED) is 0.691. The monoisotopic (exact) mass is 315 g/mol. The summed E-state index contributed by atoms with van der Waals surface area (Å²) in [4.78, 5) is 0. The van der Waals surface area contributed by atoms with Crippen LogP contribution in [0.25, 0.3) is 22.0 Å². The molecule has 0 fully saturated rings. The highest BCUT2D eigenvalue weighted by atomic mass is 32.2. The largest absolute Gasteiger partial charge is 0.241 e. The van der Waals surface area contributed by atoms with Crippen molar-refractivity contribution in [2.75, 3.05) is 6.26 Å². The van der Waals surface area contributed by atoms with Gasteiger partial charge in [-0.15, -0.1) is 0 Å². The summed E-state index contributed by atoms with van der Waals surface area (Å²) in [5.41, 5.74) is 4.27. The van der Waals surface area contributed by atoms with E-state index in [9.17, 15) is 12.8 Å². The van der Waals surface area contributed by atoms with Gasteiger partial charge in [0.1, 0.15) is 5.82 Å². The van der Waals surface area contributed by atoms with Gasteiger partial charge in [0.2, 0.25) is 10.0 Å². The van der Waals surface area contributed by atoms with Gasteiger partial charge >= 0.3 is 0 Å². The van der Waals surface area contributed by atoms with Gasteiger partial charge in [-0.2, -0.15) is 0 Å². The summed E-state index contributed by atoms with van der Waals surface area (Å²) in [5, 5.41) is 0.899. The molecule has 0 spiro atoms. The maximum Gasteiger partial charge on any atom is 0.236 e. The number of benzene rings is 2. The summed E-state index contributed by atoms with van der Waals surface area (Å²) in [6, 6.07) is 12.2. The van der Waals surface area contributed by atoms with Gasteiger partial charge in [0, 0.05) is 16.6 Å². The zero-order chi connectivity index (χ0) is 15.5. The Labute approximate surface area is 128 Å². The normalized spacial score (nSPS) is 13.9. The molecule has 1 aliphatic carbocycles. The molecule has 5 heteroatoms. The third-order valence-corrected chi connectivity index (χ3v) is 5.31. The van der Waals surface area contributed by atoms with E-state index in [-0.39, 0.29) is 5.82 Å². The van der Waals surface area contributed by atoms with Crippen LogP contribution in [0, 0.1) is 5.82 Å². The third-order valence-electron chi connectivity index (χ3n) is 4.23.